The fourth-order valence-corrected chi connectivity index (χ4v) is 3.57. The van der Waals surface area contributed by atoms with E-state index in [1.165, 1.54) is 6.21 Å². The summed E-state index contributed by atoms with van der Waals surface area (Å²) in [6.07, 6.45) is 1.48. The van der Waals surface area contributed by atoms with Crippen LogP contribution in [0.2, 0.25) is 10.0 Å². The lowest BCUT2D eigenvalue weighted by Gasteiger charge is -2.15. The van der Waals surface area contributed by atoms with E-state index in [9.17, 15) is 9.59 Å². The molecule has 0 bridgehead atoms. The molecule has 170 valence electrons. The molecular formula is C25H20BrCl2NO4. The number of aliphatic imine (C=N–C) groups is 1. The maximum absolute atomic E-state index is 12.7. The van der Waals surface area contributed by atoms with E-state index in [0.717, 1.165) is 5.56 Å². The highest BCUT2D eigenvalue weighted by atomic mass is 79.9. The molecule has 0 atom stereocenters. The molecule has 3 aromatic rings. The van der Waals surface area contributed by atoms with Gasteiger partial charge in [0, 0.05) is 21.3 Å². The molecule has 0 aliphatic rings. The number of ether oxygens (including phenoxy) is 2. The van der Waals surface area contributed by atoms with Crippen LogP contribution in [0.25, 0.3) is 0 Å². The molecule has 0 unspecified atom stereocenters. The summed E-state index contributed by atoms with van der Waals surface area (Å²) in [6.45, 7) is 5.34. The van der Waals surface area contributed by atoms with Gasteiger partial charge in [-0.2, -0.15) is 0 Å². The molecule has 3 aromatic carbocycles. The Morgan fingerprint density at radius 3 is 2.33 bits per heavy atom. The average molecular weight is 549 g/mol. The van der Waals surface area contributed by atoms with E-state index in [0.29, 0.717) is 31.3 Å². The molecule has 0 aliphatic carbocycles. The van der Waals surface area contributed by atoms with Gasteiger partial charge in [-0.25, -0.2) is 4.79 Å². The number of nitrogens with zero attached hydrogens (tertiary/aromatic N) is 1. The monoisotopic (exact) mass is 547 g/mol. The summed E-state index contributed by atoms with van der Waals surface area (Å²) in [5.41, 5.74) is 2.27. The van der Waals surface area contributed by atoms with Gasteiger partial charge in [-0.1, -0.05) is 70.7 Å². The number of hydrogen-bond acceptors (Lipinski definition) is 5. The van der Waals surface area contributed by atoms with Crippen LogP contribution in [0.1, 0.15) is 35.3 Å². The van der Waals surface area contributed by atoms with E-state index in [2.05, 4.69) is 20.9 Å². The Hall–Kier alpha value is -2.67. The summed E-state index contributed by atoms with van der Waals surface area (Å²) in [5, 5.41) is 0.846. The van der Waals surface area contributed by atoms with Crippen molar-refractivity contribution in [2.75, 3.05) is 0 Å². The van der Waals surface area contributed by atoms with Gasteiger partial charge in [-0.05, 0) is 49.4 Å². The Bertz CT molecular complexity index is 1220. The van der Waals surface area contributed by atoms with Crippen molar-refractivity contribution in [2.45, 2.75) is 20.8 Å². The van der Waals surface area contributed by atoms with Gasteiger partial charge in [-0.3, -0.25) is 9.79 Å². The Morgan fingerprint density at radius 1 is 1.00 bits per heavy atom. The highest BCUT2D eigenvalue weighted by molar-refractivity contribution is 9.10. The number of esters is 2. The van der Waals surface area contributed by atoms with Crippen LogP contribution < -0.4 is 9.47 Å². The molecular weight excluding hydrogens is 529 g/mol. The lowest BCUT2D eigenvalue weighted by molar-refractivity contribution is -0.137. The molecule has 33 heavy (non-hydrogen) atoms. The third-order valence-corrected chi connectivity index (χ3v) is 5.46. The molecule has 0 amide bonds. The second-order valence-corrected chi connectivity index (χ2v) is 9.27. The molecule has 0 aliphatic heterocycles. The van der Waals surface area contributed by atoms with E-state index in [1.54, 1.807) is 56.3 Å². The van der Waals surface area contributed by atoms with Crippen LogP contribution >= 0.6 is 39.1 Å². The molecule has 5 nitrogen and oxygen atoms in total. The smallest absolute Gasteiger partial charge is 0.343 e. The standard InChI is InChI=1S/C25H20BrCl2NO4/c1-14(2)24(30)33-23-17(13-29-21-9-8-19(27)12-20(21)28)10-18(26)11-22(23)32-25(31)16-6-4-15(3)5-7-16/h4-14H,1-3H3. The molecule has 0 aromatic heterocycles. The van der Waals surface area contributed by atoms with E-state index in [4.69, 9.17) is 32.7 Å². The first-order valence-electron chi connectivity index (χ1n) is 9.97. The second kappa shape index (κ2) is 11.0. The summed E-state index contributed by atoms with van der Waals surface area (Å²) in [7, 11) is 0. The van der Waals surface area contributed by atoms with Crippen LogP contribution in [0, 0.1) is 12.8 Å². The lowest BCUT2D eigenvalue weighted by atomic mass is 10.1. The van der Waals surface area contributed by atoms with E-state index in [-0.39, 0.29) is 11.5 Å². The van der Waals surface area contributed by atoms with Crippen LogP contribution in [0.3, 0.4) is 0 Å². The second-order valence-electron chi connectivity index (χ2n) is 7.51. The molecule has 0 spiro atoms. The highest BCUT2D eigenvalue weighted by Crippen LogP contribution is 2.36. The van der Waals surface area contributed by atoms with Crippen LogP contribution in [-0.2, 0) is 4.79 Å². The Morgan fingerprint density at radius 2 is 1.70 bits per heavy atom. The minimum atomic E-state index is -0.585. The number of rotatable bonds is 6. The van der Waals surface area contributed by atoms with Crippen molar-refractivity contribution in [1.29, 1.82) is 0 Å². The van der Waals surface area contributed by atoms with Gasteiger partial charge < -0.3 is 9.47 Å². The molecule has 3 rings (SSSR count). The number of hydrogen-bond donors (Lipinski definition) is 0. The van der Waals surface area contributed by atoms with E-state index < -0.39 is 17.9 Å². The van der Waals surface area contributed by atoms with Crippen molar-refractivity contribution >= 4 is 63.0 Å². The van der Waals surface area contributed by atoms with Crippen molar-refractivity contribution < 1.29 is 19.1 Å². The number of benzene rings is 3. The fraction of sp³-hybridized carbons (Fsp3) is 0.160. The number of carbonyl (C=O) groups is 2. The topological polar surface area (TPSA) is 65.0 Å². The van der Waals surface area contributed by atoms with Crippen molar-refractivity contribution in [2.24, 2.45) is 10.9 Å². The number of aryl methyl sites for hydroxylation is 1. The Balaban J connectivity index is 2.03. The summed E-state index contributed by atoms with van der Waals surface area (Å²) in [4.78, 5) is 29.5. The third kappa shape index (κ3) is 6.67. The zero-order valence-corrected chi connectivity index (χ0v) is 21.2. The lowest BCUT2D eigenvalue weighted by Crippen LogP contribution is -2.17. The molecule has 0 saturated carbocycles. The predicted octanol–water partition coefficient (Wildman–Crippen LogP) is 7.60. The van der Waals surface area contributed by atoms with Gasteiger partial charge in [0.25, 0.3) is 0 Å². The third-order valence-electron chi connectivity index (χ3n) is 4.46. The van der Waals surface area contributed by atoms with Gasteiger partial charge in [0.15, 0.2) is 11.5 Å². The van der Waals surface area contributed by atoms with Crippen LogP contribution in [0.4, 0.5) is 5.69 Å². The van der Waals surface area contributed by atoms with Crippen LogP contribution in [0.5, 0.6) is 11.5 Å². The minimum absolute atomic E-state index is 0.0752. The molecule has 8 heteroatoms. The molecule has 0 saturated heterocycles. The average Bonchev–Trinajstić information content (AvgIpc) is 2.75. The molecule has 0 fully saturated rings. The Kier molecular flexibility index (Phi) is 8.30. The molecule has 0 radical (unpaired) electrons. The number of halogens is 3. The minimum Gasteiger partial charge on any atom is -0.422 e. The summed E-state index contributed by atoms with van der Waals surface area (Å²) < 4.78 is 11.8. The summed E-state index contributed by atoms with van der Waals surface area (Å²) in [5.74, 6) is -1.31. The van der Waals surface area contributed by atoms with Crippen molar-refractivity contribution in [3.05, 3.63) is 85.8 Å². The first kappa shape index (κ1) is 25.0. The SMILES string of the molecule is Cc1ccc(C(=O)Oc2cc(Br)cc(C=Nc3ccc(Cl)cc3Cl)c2OC(=O)C(C)C)cc1. The van der Waals surface area contributed by atoms with Gasteiger partial charge in [0.2, 0.25) is 0 Å². The van der Waals surface area contributed by atoms with Crippen molar-refractivity contribution in [1.82, 2.24) is 0 Å². The largest absolute Gasteiger partial charge is 0.422 e. The predicted molar refractivity (Wildman–Crippen MR) is 134 cm³/mol. The normalized spacial score (nSPS) is 11.1. The summed E-state index contributed by atoms with van der Waals surface area (Å²) >= 11 is 15.6. The number of carbonyl (C=O) groups excluding carboxylic acids is 2. The van der Waals surface area contributed by atoms with E-state index >= 15 is 0 Å². The Labute approximate surface area is 210 Å². The fourth-order valence-electron chi connectivity index (χ4n) is 2.66. The van der Waals surface area contributed by atoms with Gasteiger partial charge in [0.05, 0.1) is 22.2 Å². The van der Waals surface area contributed by atoms with Crippen LogP contribution in [-0.4, -0.2) is 18.2 Å². The molecule has 0 N–H and O–H groups in total. The molecule has 0 heterocycles. The maximum Gasteiger partial charge on any atom is 0.343 e. The van der Waals surface area contributed by atoms with Crippen molar-refractivity contribution in [3.8, 4) is 11.5 Å². The first-order chi connectivity index (χ1) is 15.6. The first-order valence-corrected chi connectivity index (χ1v) is 11.5. The highest BCUT2D eigenvalue weighted by Gasteiger charge is 2.21. The quantitative estimate of drug-likeness (QED) is 0.181. The van der Waals surface area contributed by atoms with Crippen molar-refractivity contribution in [3.63, 3.8) is 0 Å². The van der Waals surface area contributed by atoms with Crippen LogP contribution in [0.15, 0.2) is 64.1 Å². The van der Waals surface area contributed by atoms with Gasteiger partial charge >= 0.3 is 11.9 Å². The zero-order valence-electron chi connectivity index (χ0n) is 18.1. The maximum atomic E-state index is 12.7. The summed E-state index contributed by atoms with van der Waals surface area (Å²) in [6, 6.07) is 15.1. The van der Waals surface area contributed by atoms with Gasteiger partial charge in [0.1, 0.15) is 0 Å². The zero-order chi connectivity index (χ0) is 24.1. The van der Waals surface area contributed by atoms with E-state index in [1.807, 2.05) is 19.1 Å². The van der Waals surface area contributed by atoms with Gasteiger partial charge in [-0.15, -0.1) is 0 Å².